The number of hydrogen-bond donors (Lipinski definition) is 0. The van der Waals surface area contributed by atoms with Crippen molar-refractivity contribution >= 4 is 17.5 Å². The second-order valence-corrected chi connectivity index (χ2v) is 5.16. The third kappa shape index (κ3) is 1.65. The average Bonchev–Trinajstić information content (AvgIpc) is 2.98. The molecule has 0 spiro atoms. The fourth-order valence-electron chi connectivity index (χ4n) is 2.56. The number of aryl methyl sites for hydroxylation is 1. The number of amides is 1. The van der Waals surface area contributed by atoms with Crippen molar-refractivity contribution in [2.75, 3.05) is 18.1 Å². The largest absolute Gasteiger partial charge is 0.329 e. The molecule has 1 aliphatic carbocycles. The SMILES string of the molecule is Cc1cc(N2CC(=O)N(C3CC3)C2)n2ncnc2n1. The van der Waals surface area contributed by atoms with Crippen LogP contribution in [0.25, 0.3) is 5.78 Å². The van der Waals surface area contributed by atoms with E-state index in [0.29, 0.717) is 25.0 Å². The van der Waals surface area contributed by atoms with E-state index in [-0.39, 0.29) is 5.91 Å². The van der Waals surface area contributed by atoms with Crippen molar-refractivity contribution in [1.82, 2.24) is 24.5 Å². The van der Waals surface area contributed by atoms with Gasteiger partial charge in [-0.2, -0.15) is 14.6 Å². The summed E-state index contributed by atoms with van der Waals surface area (Å²) in [5, 5.41) is 4.19. The van der Waals surface area contributed by atoms with Gasteiger partial charge in [0.05, 0.1) is 6.67 Å². The smallest absolute Gasteiger partial charge is 0.254 e. The van der Waals surface area contributed by atoms with Gasteiger partial charge in [0.25, 0.3) is 5.78 Å². The predicted molar refractivity (Wildman–Crippen MR) is 67.6 cm³/mol. The van der Waals surface area contributed by atoms with Crippen LogP contribution < -0.4 is 4.90 Å². The monoisotopic (exact) mass is 258 g/mol. The summed E-state index contributed by atoms with van der Waals surface area (Å²) < 4.78 is 1.69. The van der Waals surface area contributed by atoms with E-state index in [1.54, 1.807) is 4.52 Å². The lowest BCUT2D eigenvalue weighted by atomic mass is 10.4. The summed E-state index contributed by atoms with van der Waals surface area (Å²) in [6, 6.07) is 2.40. The molecule has 98 valence electrons. The molecule has 0 aromatic carbocycles. The lowest BCUT2D eigenvalue weighted by molar-refractivity contribution is -0.127. The van der Waals surface area contributed by atoms with Gasteiger partial charge in [-0.05, 0) is 19.8 Å². The van der Waals surface area contributed by atoms with Gasteiger partial charge in [-0.25, -0.2) is 4.98 Å². The van der Waals surface area contributed by atoms with E-state index in [1.807, 2.05) is 22.8 Å². The van der Waals surface area contributed by atoms with Gasteiger partial charge in [0.2, 0.25) is 5.91 Å². The van der Waals surface area contributed by atoms with Gasteiger partial charge in [-0.15, -0.1) is 0 Å². The Hall–Kier alpha value is -2.18. The van der Waals surface area contributed by atoms with Crippen LogP contribution in [0.2, 0.25) is 0 Å². The summed E-state index contributed by atoms with van der Waals surface area (Å²) in [7, 11) is 0. The maximum Gasteiger partial charge on any atom is 0.254 e. The highest BCUT2D eigenvalue weighted by molar-refractivity contribution is 5.85. The number of rotatable bonds is 2. The van der Waals surface area contributed by atoms with Crippen LogP contribution in [0, 0.1) is 6.92 Å². The minimum Gasteiger partial charge on any atom is -0.329 e. The molecule has 1 saturated heterocycles. The molecule has 2 aliphatic rings. The number of aromatic nitrogens is 4. The van der Waals surface area contributed by atoms with E-state index in [4.69, 9.17) is 0 Å². The topological polar surface area (TPSA) is 66.6 Å². The lowest BCUT2D eigenvalue weighted by Gasteiger charge is -2.19. The van der Waals surface area contributed by atoms with E-state index < -0.39 is 0 Å². The van der Waals surface area contributed by atoms with Crippen molar-refractivity contribution in [3.63, 3.8) is 0 Å². The maximum absolute atomic E-state index is 12.0. The molecular formula is C12H14N6O. The summed E-state index contributed by atoms with van der Waals surface area (Å²) in [4.78, 5) is 24.4. The maximum atomic E-state index is 12.0. The Bertz CT molecular complexity index is 661. The zero-order chi connectivity index (χ0) is 13.0. The first-order valence-electron chi connectivity index (χ1n) is 6.44. The zero-order valence-electron chi connectivity index (χ0n) is 10.7. The Kier molecular flexibility index (Phi) is 2.06. The standard InChI is InChI=1S/C12H14N6O/c1-8-4-10(18-12(15-8)13-6-14-18)16-5-11(19)17(7-16)9-2-3-9/h4,6,9H,2-3,5,7H2,1H3. The molecule has 7 heteroatoms. The van der Waals surface area contributed by atoms with E-state index in [9.17, 15) is 4.79 Å². The molecule has 0 N–H and O–H groups in total. The number of carbonyl (C=O) groups excluding carboxylic acids is 1. The number of anilines is 1. The molecule has 1 amide bonds. The first-order valence-corrected chi connectivity index (χ1v) is 6.44. The fourth-order valence-corrected chi connectivity index (χ4v) is 2.56. The summed E-state index contributed by atoms with van der Waals surface area (Å²) in [5.74, 6) is 1.66. The van der Waals surface area contributed by atoms with Gasteiger partial charge in [0, 0.05) is 17.8 Å². The van der Waals surface area contributed by atoms with Crippen LogP contribution in [0.4, 0.5) is 5.82 Å². The average molecular weight is 258 g/mol. The third-order valence-corrected chi connectivity index (χ3v) is 3.64. The molecule has 2 aromatic heterocycles. The minimum atomic E-state index is 0.199. The number of carbonyl (C=O) groups is 1. The van der Waals surface area contributed by atoms with Crippen LogP contribution in [0.15, 0.2) is 12.4 Å². The van der Waals surface area contributed by atoms with Gasteiger partial charge >= 0.3 is 0 Å². The fraction of sp³-hybridized carbons (Fsp3) is 0.500. The molecule has 1 aliphatic heterocycles. The first kappa shape index (κ1) is 10.7. The third-order valence-electron chi connectivity index (χ3n) is 3.64. The molecule has 0 bridgehead atoms. The highest BCUT2D eigenvalue weighted by Crippen LogP contribution is 2.31. The molecular weight excluding hydrogens is 244 g/mol. The van der Waals surface area contributed by atoms with Gasteiger partial charge in [-0.1, -0.05) is 0 Å². The molecule has 7 nitrogen and oxygen atoms in total. The first-order chi connectivity index (χ1) is 9.22. The molecule has 4 rings (SSSR count). The van der Waals surface area contributed by atoms with E-state index in [1.165, 1.54) is 6.33 Å². The van der Waals surface area contributed by atoms with Gasteiger partial charge in [0.1, 0.15) is 18.7 Å². The second kappa shape index (κ2) is 3.66. The molecule has 0 unspecified atom stereocenters. The quantitative estimate of drug-likeness (QED) is 0.770. The van der Waals surface area contributed by atoms with Gasteiger partial charge in [0.15, 0.2) is 0 Å². The van der Waals surface area contributed by atoms with E-state index in [0.717, 1.165) is 24.4 Å². The normalized spacial score (nSPS) is 19.7. The zero-order valence-corrected chi connectivity index (χ0v) is 10.7. The van der Waals surface area contributed by atoms with E-state index in [2.05, 4.69) is 15.1 Å². The second-order valence-electron chi connectivity index (χ2n) is 5.16. The Balaban J connectivity index is 1.74. The Morgan fingerprint density at radius 3 is 3.00 bits per heavy atom. The summed E-state index contributed by atoms with van der Waals surface area (Å²) in [6.45, 7) is 2.98. The number of nitrogens with zero attached hydrogens (tertiary/aromatic N) is 6. The van der Waals surface area contributed by atoms with Crippen molar-refractivity contribution in [2.24, 2.45) is 0 Å². The minimum absolute atomic E-state index is 0.199. The van der Waals surface area contributed by atoms with Crippen LogP contribution in [-0.2, 0) is 4.79 Å². The number of fused-ring (bicyclic) bond motifs is 1. The van der Waals surface area contributed by atoms with Gasteiger partial charge in [-0.3, -0.25) is 4.79 Å². The summed E-state index contributed by atoms with van der Waals surface area (Å²) >= 11 is 0. The Labute approximate surface area is 109 Å². The van der Waals surface area contributed by atoms with Crippen molar-refractivity contribution in [2.45, 2.75) is 25.8 Å². The number of hydrogen-bond acceptors (Lipinski definition) is 5. The summed E-state index contributed by atoms with van der Waals surface area (Å²) in [6.07, 6.45) is 3.75. The predicted octanol–water partition coefficient (Wildman–Crippen LogP) is 0.201. The molecule has 1 saturated carbocycles. The van der Waals surface area contributed by atoms with Crippen molar-refractivity contribution in [1.29, 1.82) is 0 Å². The van der Waals surface area contributed by atoms with Crippen molar-refractivity contribution < 1.29 is 4.79 Å². The van der Waals surface area contributed by atoms with Crippen LogP contribution in [0.1, 0.15) is 18.5 Å². The Morgan fingerprint density at radius 1 is 1.37 bits per heavy atom. The van der Waals surface area contributed by atoms with Crippen LogP contribution in [0.3, 0.4) is 0 Å². The van der Waals surface area contributed by atoms with Crippen molar-refractivity contribution in [3.8, 4) is 0 Å². The van der Waals surface area contributed by atoms with Crippen molar-refractivity contribution in [3.05, 3.63) is 18.1 Å². The van der Waals surface area contributed by atoms with Crippen LogP contribution in [-0.4, -0.2) is 49.6 Å². The molecule has 2 fully saturated rings. The van der Waals surface area contributed by atoms with E-state index >= 15 is 0 Å². The summed E-state index contributed by atoms with van der Waals surface area (Å²) in [5.41, 5.74) is 0.882. The highest BCUT2D eigenvalue weighted by atomic mass is 16.2. The molecule has 0 atom stereocenters. The van der Waals surface area contributed by atoms with Crippen LogP contribution in [0.5, 0.6) is 0 Å². The highest BCUT2D eigenvalue weighted by Gasteiger charge is 2.39. The lowest BCUT2D eigenvalue weighted by Crippen LogP contribution is -2.29. The Morgan fingerprint density at radius 2 is 2.21 bits per heavy atom. The van der Waals surface area contributed by atoms with Gasteiger partial charge < -0.3 is 9.80 Å². The van der Waals surface area contributed by atoms with Crippen LogP contribution >= 0.6 is 0 Å². The molecule has 2 aromatic rings. The molecule has 3 heterocycles. The molecule has 19 heavy (non-hydrogen) atoms. The molecule has 0 radical (unpaired) electrons.